The number of carbonyl (C=O) groups excluding carboxylic acids is 1. The number of nitrogens with zero attached hydrogens (tertiary/aromatic N) is 1. The number of amides is 1. The van der Waals surface area contributed by atoms with Gasteiger partial charge in [0.2, 0.25) is 0 Å². The van der Waals surface area contributed by atoms with E-state index in [0.29, 0.717) is 13.1 Å². The Morgan fingerprint density at radius 2 is 2.07 bits per heavy atom. The molecule has 15 heavy (non-hydrogen) atoms. The highest BCUT2D eigenvalue weighted by atomic mass is 19.1. The molecule has 1 saturated heterocycles. The van der Waals surface area contributed by atoms with Crippen LogP contribution in [-0.4, -0.2) is 48.9 Å². The van der Waals surface area contributed by atoms with E-state index >= 15 is 0 Å². The first-order valence-electron chi connectivity index (χ1n) is 5.12. The number of alkyl halides is 1. The minimum atomic E-state index is -1.01. The van der Waals surface area contributed by atoms with Gasteiger partial charge in [-0.3, -0.25) is 0 Å². The summed E-state index contributed by atoms with van der Waals surface area (Å²) in [6.45, 7) is 6.16. The van der Waals surface area contributed by atoms with Crippen molar-refractivity contribution in [3.63, 3.8) is 0 Å². The van der Waals surface area contributed by atoms with Crippen LogP contribution in [0.1, 0.15) is 20.8 Å². The molecule has 1 fully saturated rings. The molecule has 5 heteroatoms. The summed E-state index contributed by atoms with van der Waals surface area (Å²) < 4.78 is 18.5. The molecule has 0 spiro atoms. The molecule has 0 aromatic carbocycles. The largest absolute Gasteiger partial charge is 0.444 e. The number of ether oxygens (including phenoxy) is 1. The lowest BCUT2D eigenvalue weighted by molar-refractivity contribution is 0.0182. The summed E-state index contributed by atoms with van der Waals surface area (Å²) in [6, 6.07) is -0.417. The summed E-state index contributed by atoms with van der Waals surface area (Å²) in [7, 11) is 1.57. The van der Waals surface area contributed by atoms with Crippen LogP contribution in [0, 0.1) is 0 Å². The molecule has 1 amide bonds. The van der Waals surface area contributed by atoms with Gasteiger partial charge in [0.25, 0.3) is 0 Å². The number of hydrogen-bond donors (Lipinski definition) is 1. The van der Waals surface area contributed by atoms with E-state index in [9.17, 15) is 9.18 Å². The van der Waals surface area contributed by atoms with E-state index in [1.165, 1.54) is 4.90 Å². The van der Waals surface area contributed by atoms with E-state index < -0.39 is 23.9 Å². The smallest absolute Gasteiger partial charge is 0.410 e. The number of nitrogens with one attached hydrogen (secondary N) is 1. The zero-order chi connectivity index (χ0) is 11.6. The Balaban J connectivity index is 2.52. The summed E-state index contributed by atoms with van der Waals surface area (Å²) in [6.07, 6.45) is -1.48. The second kappa shape index (κ2) is 4.35. The fraction of sp³-hybridized carbons (Fsp3) is 0.900. The quantitative estimate of drug-likeness (QED) is 0.718. The standard InChI is InChI=1S/C10H19FN2O2/c1-10(2,3)15-9(14)13(4)8-6-12-5-7(8)11/h7-8,12H,5-6H2,1-4H3/t7-,8-/m0/s1. The van der Waals surface area contributed by atoms with Gasteiger partial charge in [0, 0.05) is 20.1 Å². The molecule has 88 valence electrons. The molecule has 1 aliphatic rings. The third-order valence-electron chi connectivity index (χ3n) is 2.29. The van der Waals surface area contributed by atoms with E-state index in [1.807, 2.05) is 0 Å². The zero-order valence-electron chi connectivity index (χ0n) is 9.71. The summed E-state index contributed by atoms with van der Waals surface area (Å²) in [5.41, 5.74) is -0.539. The molecule has 0 unspecified atom stereocenters. The average Bonchev–Trinajstić information content (AvgIpc) is 2.47. The van der Waals surface area contributed by atoms with Gasteiger partial charge in [-0.05, 0) is 20.8 Å². The fourth-order valence-electron chi connectivity index (χ4n) is 1.48. The highest BCUT2D eigenvalue weighted by Gasteiger charge is 2.34. The maximum absolute atomic E-state index is 13.3. The summed E-state index contributed by atoms with van der Waals surface area (Å²) in [4.78, 5) is 12.9. The Kier molecular flexibility index (Phi) is 3.54. The first kappa shape index (κ1) is 12.2. The van der Waals surface area contributed by atoms with E-state index in [1.54, 1.807) is 27.8 Å². The van der Waals surface area contributed by atoms with Crippen molar-refractivity contribution >= 4 is 6.09 Å². The molecule has 1 N–H and O–H groups in total. The second-order valence-corrected chi connectivity index (χ2v) is 4.83. The third-order valence-corrected chi connectivity index (χ3v) is 2.29. The molecule has 0 radical (unpaired) electrons. The predicted octanol–water partition coefficient (Wildman–Crippen LogP) is 1.16. The fourth-order valence-corrected chi connectivity index (χ4v) is 1.48. The van der Waals surface area contributed by atoms with E-state index in [2.05, 4.69) is 5.32 Å². The van der Waals surface area contributed by atoms with Crippen LogP contribution in [0.5, 0.6) is 0 Å². The molecular weight excluding hydrogens is 199 g/mol. The van der Waals surface area contributed by atoms with Crippen LogP contribution in [0.3, 0.4) is 0 Å². The number of hydrogen-bond acceptors (Lipinski definition) is 3. The Labute approximate surface area is 89.8 Å². The monoisotopic (exact) mass is 218 g/mol. The van der Waals surface area contributed by atoms with Crippen LogP contribution in [0.25, 0.3) is 0 Å². The molecule has 1 heterocycles. The summed E-state index contributed by atoms with van der Waals surface area (Å²) >= 11 is 0. The minimum Gasteiger partial charge on any atom is -0.444 e. The van der Waals surface area contributed by atoms with Crippen molar-refractivity contribution in [1.29, 1.82) is 0 Å². The van der Waals surface area contributed by atoms with E-state index in [0.717, 1.165) is 0 Å². The van der Waals surface area contributed by atoms with Crippen LogP contribution in [0.2, 0.25) is 0 Å². The van der Waals surface area contributed by atoms with Crippen LogP contribution in [-0.2, 0) is 4.74 Å². The van der Waals surface area contributed by atoms with Crippen molar-refractivity contribution in [3.8, 4) is 0 Å². The van der Waals surface area contributed by atoms with Gasteiger partial charge in [0.15, 0.2) is 0 Å². The zero-order valence-corrected chi connectivity index (χ0v) is 9.71. The molecule has 1 rings (SSSR count). The molecule has 0 aromatic rings. The minimum absolute atomic E-state index is 0.303. The SMILES string of the molecule is CN(C(=O)OC(C)(C)C)[C@H]1CNC[C@@H]1F. The number of rotatable bonds is 1. The lowest BCUT2D eigenvalue weighted by Crippen LogP contribution is -2.45. The van der Waals surface area contributed by atoms with Crippen LogP contribution in [0.15, 0.2) is 0 Å². The Bertz CT molecular complexity index is 240. The lowest BCUT2D eigenvalue weighted by Gasteiger charge is -2.28. The van der Waals surface area contributed by atoms with Crippen LogP contribution < -0.4 is 5.32 Å². The van der Waals surface area contributed by atoms with Crippen molar-refractivity contribution in [2.24, 2.45) is 0 Å². The normalized spacial score (nSPS) is 26.5. The maximum atomic E-state index is 13.3. The summed E-state index contributed by atoms with van der Waals surface area (Å²) in [5, 5.41) is 2.90. The average molecular weight is 218 g/mol. The van der Waals surface area contributed by atoms with Crippen molar-refractivity contribution in [1.82, 2.24) is 10.2 Å². The van der Waals surface area contributed by atoms with Gasteiger partial charge in [-0.25, -0.2) is 9.18 Å². The van der Waals surface area contributed by atoms with Crippen LogP contribution in [0.4, 0.5) is 9.18 Å². The maximum Gasteiger partial charge on any atom is 0.410 e. The Morgan fingerprint density at radius 3 is 2.47 bits per heavy atom. The van der Waals surface area contributed by atoms with Gasteiger partial charge in [-0.1, -0.05) is 0 Å². The topological polar surface area (TPSA) is 41.6 Å². The second-order valence-electron chi connectivity index (χ2n) is 4.83. The number of carbonyl (C=O) groups is 1. The predicted molar refractivity (Wildman–Crippen MR) is 55.6 cm³/mol. The Morgan fingerprint density at radius 1 is 1.47 bits per heavy atom. The van der Waals surface area contributed by atoms with Gasteiger partial charge < -0.3 is 15.0 Å². The van der Waals surface area contributed by atoms with E-state index in [4.69, 9.17) is 4.74 Å². The lowest BCUT2D eigenvalue weighted by atomic mass is 10.2. The van der Waals surface area contributed by atoms with E-state index in [-0.39, 0.29) is 0 Å². The first-order valence-corrected chi connectivity index (χ1v) is 5.12. The van der Waals surface area contributed by atoms with Gasteiger partial charge in [0.1, 0.15) is 11.8 Å². The van der Waals surface area contributed by atoms with Crippen molar-refractivity contribution in [2.75, 3.05) is 20.1 Å². The third kappa shape index (κ3) is 3.34. The van der Waals surface area contributed by atoms with Gasteiger partial charge in [0.05, 0.1) is 6.04 Å². The molecule has 0 bridgehead atoms. The van der Waals surface area contributed by atoms with Crippen LogP contribution >= 0.6 is 0 Å². The van der Waals surface area contributed by atoms with Gasteiger partial charge >= 0.3 is 6.09 Å². The van der Waals surface area contributed by atoms with Crippen molar-refractivity contribution < 1.29 is 13.9 Å². The molecule has 0 aromatic heterocycles. The molecular formula is C10H19FN2O2. The molecule has 4 nitrogen and oxygen atoms in total. The van der Waals surface area contributed by atoms with Crippen molar-refractivity contribution in [2.45, 2.75) is 38.6 Å². The molecule has 0 aliphatic carbocycles. The first-order chi connectivity index (χ1) is 6.81. The Hall–Kier alpha value is -0.840. The highest BCUT2D eigenvalue weighted by molar-refractivity contribution is 5.68. The van der Waals surface area contributed by atoms with Gasteiger partial charge in [-0.2, -0.15) is 0 Å². The molecule has 2 atom stereocenters. The summed E-state index contributed by atoms with van der Waals surface area (Å²) in [5.74, 6) is 0. The molecule has 1 aliphatic heterocycles. The van der Waals surface area contributed by atoms with Crippen molar-refractivity contribution in [3.05, 3.63) is 0 Å². The molecule has 0 saturated carbocycles. The highest BCUT2D eigenvalue weighted by Crippen LogP contribution is 2.15. The van der Waals surface area contributed by atoms with Gasteiger partial charge in [-0.15, -0.1) is 0 Å². The number of halogens is 1. The number of likely N-dealkylation sites (N-methyl/N-ethyl adjacent to an activating group) is 1.